The molecule has 29 heavy (non-hydrogen) atoms. The van der Waals surface area contributed by atoms with Crippen LogP contribution in [0.4, 0.5) is 0 Å². The van der Waals surface area contributed by atoms with Gasteiger partial charge in [-0.25, -0.2) is 0 Å². The molecule has 8 nitrogen and oxygen atoms in total. The number of rotatable bonds is 5. The molecule has 5 aliphatic heterocycles. The summed E-state index contributed by atoms with van der Waals surface area (Å²) in [5.41, 5.74) is 0. The van der Waals surface area contributed by atoms with Gasteiger partial charge in [0.2, 0.25) is 5.91 Å². The summed E-state index contributed by atoms with van der Waals surface area (Å²) in [6.07, 6.45) is 2.32. The number of carbonyl (C=O) groups excluding carboxylic acids is 1. The maximum Gasteiger partial charge on any atom is 0.239 e. The van der Waals surface area contributed by atoms with Gasteiger partial charge in [-0.15, -0.1) is 0 Å². The van der Waals surface area contributed by atoms with Crippen LogP contribution < -0.4 is 5.32 Å². The Hall–Kier alpha value is -1.38. The average Bonchev–Trinajstić information content (AvgIpc) is 3.31. The first kappa shape index (κ1) is 20.9. The highest BCUT2D eigenvalue weighted by Gasteiger charge is 2.33. The van der Waals surface area contributed by atoms with E-state index in [1.165, 1.54) is 26.2 Å². The van der Waals surface area contributed by atoms with Crippen LogP contribution in [0.1, 0.15) is 26.7 Å². The van der Waals surface area contributed by atoms with Gasteiger partial charge >= 0.3 is 0 Å². The third-order valence-corrected chi connectivity index (χ3v) is 7.12. The van der Waals surface area contributed by atoms with E-state index < -0.39 is 0 Å². The van der Waals surface area contributed by atoms with Crippen molar-refractivity contribution in [2.75, 3.05) is 85.1 Å². The van der Waals surface area contributed by atoms with Crippen molar-refractivity contribution >= 4 is 11.9 Å². The summed E-state index contributed by atoms with van der Waals surface area (Å²) < 4.78 is 0. The molecule has 2 unspecified atom stereocenters. The number of nitrogens with one attached hydrogen (secondary N) is 1. The molecular weight excluding hydrogens is 366 g/mol. The second-order valence-corrected chi connectivity index (χ2v) is 8.92. The van der Waals surface area contributed by atoms with Crippen molar-refractivity contribution in [1.82, 2.24) is 29.8 Å². The van der Waals surface area contributed by atoms with E-state index in [4.69, 9.17) is 4.99 Å². The van der Waals surface area contributed by atoms with E-state index in [9.17, 15) is 4.79 Å². The standard InChI is InChI=1S/C21H39N7O/c1-3-22-21(23-16-19-17-24-8-10-26(19)11-9-24)28-14-12-25(13-15-28)18(2)20(29)27-6-4-5-7-27/h18-19H,3-17H2,1-2H3,(H,22,23). The van der Waals surface area contributed by atoms with Gasteiger partial charge in [-0.2, -0.15) is 0 Å². The van der Waals surface area contributed by atoms with Crippen LogP contribution in [0, 0.1) is 0 Å². The van der Waals surface area contributed by atoms with Gasteiger partial charge in [-0.1, -0.05) is 0 Å². The first-order valence-corrected chi connectivity index (χ1v) is 11.7. The number of carbonyl (C=O) groups is 1. The fourth-order valence-electron chi connectivity index (χ4n) is 5.19. The van der Waals surface area contributed by atoms with Crippen LogP contribution in [0.3, 0.4) is 0 Å². The van der Waals surface area contributed by atoms with Crippen LogP contribution in [0.5, 0.6) is 0 Å². The van der Waals surface area contributed by atoms with E-state index in [-0.39, 0.29) is 6.04 Å². The molecule has 0 aliphatic carbocycles. The highest BCUT2D eigenvalue weighted by atomic mass is 16.2. The van der Waals surface area contributed by atoms with Crippen LogP contribution in [-0.4, -0.2) is 134 Å². The van der Waals surface area contributed by atoms with Gasteiger partial charge in [0.05, 0.1) is 12.6 Å². The number of piperazine rings is 4. The zero-order valence-corrected chi connectivity index (χ0v) is 18.4. The fraction of sp³-hybridized carbons (Fsp3) is 0.905. The Balaban J connectivity index is 1.29. The second-order valence-electron chi connectivity index (χ2n) is 8.92. The molecule has 0 aromatic carbocycles. The lowest BCUT2D eigenvalue weighted by Gasteiger charge is -2.47. The van der Waals surface area contributed by atoms with Gasteiger partial charge in [-0.05, 0) is 26.7 Å². The average molecular weight is 406 g/mol. The van der Waals surface area contributed by atoms with Crippen molar-refractivity contribution in [3.05, 3.63) is 0 Å². The maximum atomic E-state index is 12.7. The summed E-state index contributed by atoms with van der Waals surface area (Å²) in [4.78, 5) is 29.7. The lowest BCUT2D eigenvalue weighted by molar-refractivity contribution is -0.135. The molecule has 0 spiro atoms. The van der Waals surface area contributed by atoms with E-state index in [0.717, 1.165) is 77.7 Å². The van der Waals surface area contributed by atoms with E-state index >= 15 is 0 Å². The molecule has 5 saturated heterocycles. The maximum absolute atomic E-state index is 12.7. The molecule has 2 bridgehead atoms. The van der Waals surface area contributed by atoms with Crippen molar-refractivity contribution in [3.63, 3.8) is 0 Å². The minimum atomic E-state index is -0.00517. The van der Waals surface area contributed by atoms with Crippen molar-refractivity contribution in [3.8, 4) is 0 Å². The van der Waals surface area contributed by atoms with Gasteiger partial charge in [-0.3, -0.25) is 24.5 Å². The summed E-state index contributed by atoms with van der Waals surface area (Å²) >= 11 is 0. The number of aliphatic imine (C=N–C) groups is 1. The summed E-state index contributed by atoms with van der Waals surface area (Å²) in [6.45, 7) is 17.6. The molecule has 5 heterocycles. The van der Waals surface area contributed by atoms with Crippen molar-refractivity contribution in [2.24, 2.45) is 4.99 Å². The van der Waals surface area contributed by atoms with Gasteiger partial charge in [0, 0.05) is 84.6 Å². The quantitative estimate of drug-likeness (QED) is 0.495. The fourth-order valence-corrected chi connectivity index (χ4v) is 5.19. The molecule has 0 saturated carbocycles. The van der Waals surface area contributed by atoms with Crippen LogP contribution in [0.2, 0.25) is 0 Å². The lowest BCUT2D eigenvalue weighted by atomic mass is 10.1. The molecule has 0 radical (unpaired) electrons. The molecule has 164 valence electrons. The first-order chi connectivity index (χ1) is 14.2. The van der Waals surface area contributed by atoms with Crippen molar-refractivity contribution in [2.45, 2.75) is 38.8 Å². The summed E-state index contributed by atoms with van der Waals surface area (Å²) in [7, 11) is 0. The van der Waals surface area contributed by atoms with Crippen LogP contribution in [-0.2, 0) is 4.79 Å². The number of hydrogen-bond acceptors (Lipinski definition) is 5. The minimum Gasteiger partial charge on any atom is -0.357 e. The Morgan fingerprint density at radius 1 is 0.966 bits per heavy atom. The van der Waals surface area contributed by atoms with Gasteiger partial charge < -0.3 is 15.1 Å². The van der Waals surface area contributed by atoms with Crippen molar-refractivity contribution < 1.29 is 4.79 Å². The van der Waals surface area contributed by atoms with Crippen LogP contribution in [0.15, 0.2) is 4.99 Å². The normalized spacial score (nSPS) is 31.9. The molecule has 0 aromatic heterocycles. The summed E-state index contributed by atoms with van der Waals surface area (Å²) in [6, 6.07) is 0.556. The largest absolute Gasteiger partial charge is 0.357 e. The molecule has 8 heteroatoms. The monoisotopic (exact) mass is 405 g/mol. The number of hydrogen-bond donors (Lipinski definition) is 1. The van der Waals surface area contributed by atoms with Crippen LogP contribution >= 0.6 is 0 Å². The van der Waals surface area contributed by atoms with Gasteiger partial charge in [0.25, 0.3) is 0 Å². The van der Waals surface area contributed by atoms with E-state index in [1.54, 1.807) is 0 Å². The zero-order chi connectivity index (χ0) is 20.2. The summed E-state index contributed by atoms with van der Waals surface area (Å²) in [5.74, 6) is 1.36. The third kappa shape index (κ3) is 4.86. The third-order valence-electron chi connectivity index (χ3n) is 7.12. The first-order valence-electron chi connectivity index (χ1n) is 11.7. The SMILES string of the molecule is CCNC(=NCC1CN2CCN1CC2)N1CCN(C(C)C(=O)N2CCCC2)CC1. The minimum absolute atomic E-state index is 0.00517. The summed E-state index contributed by atoms with van der Waals surface area (Å²) in [5, 5.41) is 3.50. The Bertz CT molecular complexity index is 576. The number of nitrogens with zero attached hydrogens (tertiary/aromatic N) is 6. The van der Waals surface area contributed by atoms with Gasteiger partial charge in [0.15, 0.2) is 5.96 Å². The number of guanidine groups is 1. The topological polar surface area (TPSA) is 57.7 Å². The van der Waals surface area contributed by atoms with E-state index in [2.05, 4.69) is 38.8 Å². The zero-order valence-electron chi connectivity index (χ0n) is 18.4. The number of amides is 1. The number of likely N-dealkylation sites (tertiary alicyclic amines) is 1. The molecule has 2 atom stereocenters. The highest BCUT2D eigenvalue weighted by molar-refractivity contribution is 5.82. The number of fused-ring (bicyclic) bond motifs is 3. The Morgan fingerprint density at radius 2 is 1.66 bits per heavy atom. The lowest BCUT2D eigenvalue weighted by Crippen LogP contribution is -2.62. The molecule has 1 amide bonds. The molecule has 5 rings (SSSR count). The van der Waals surface area contributed by atoms with Crippen LogP contribution in [0.25, 0.3) is 0 Å². The van der Waals surface area contributed by atoms with Crippen molar-refractivity contribution in [1.29, 1.82) is 0 Å². The molecular formula is C21H39N7O. The Kier molecular flexibility index (Phi) is 6.92. The Labute approximate surface area is 175 Å². The molecule has 1 N–H and O–H groups in total. The van der Waals surface area contributed by atoms with E-state index in [1.807, 2.05) is 4.90 Å². The predicted octanol–water partition coefficient (Wildman–Crippen LogP) is -0.420. The smallest absolute Gasteiger partial charge is 0.239 e. The van der Waals surface area contributed by atoms with E-state index in [0.29, 0.717) is 11.9 Å². The molecule has 5 aliphatic rings. The Morgan fingerprint density at radius 3 is 2.24 bits per heavy atom. The predicted molar refractivity (Wildman–Crippen MR) is 116 cm³/mol. The second kappa shape index (κ2) is 9.62. The van der Waals surface area contributed by atoms with Gasteiger partial charge in [0.1, 0.15) is 0 Å². The highest BCUT2D eigenvalue weighted by Crippen LogP contribution is 2.17. The molecule has 5 fully saturated rings. The molecule has 0 aromatic rings.